The second-order valence-electron chi connectivity index (χ2n) is 5.13. The van der Waals surface area contributed by atoms with Crippen LogP contribution in [-0.4, -0.2) is 65.7 Å². The highest BCUT2D eigenvalue weighted by Gasteiger charge is 2.24. The van der Waals surface area contributed by atoms with Crippen molar-refractivity contribution in [3.05, 3.63) is 0 Å². The van der Waals surface area contributed by atoms with Gasteiger partial charge in [-0.15, -0.1) is 0 Å². The van der Waals surface area contributed by atoms with Crippen LogP contribution in [0, 0.1) is 0 Å². The minimum Gasteiger partial charge on any atom is -0.341 e. The molecule has 0 unspecified atom stereocenters. The van der Waals surface area contributed by atoms with Gasteiger partial charge in [0.1, 0.15) is 5.78 Å². The van der Waals surface area contributed by atoms with Crippen LogP contribution in [0.2, 0.25) is 0 Å². The average molecular weight is 270 g/mol. The molecule has 5 heteroatoms. The number of Topliss-reactive ketones (excluding diaryl/α,β-unsaturated/α-hetero) is 1. The summed E-state index contributed by atoms with van der Waals surface area (Å²) in [5.74, 6) is 0.491. The maximum absolute atomic E-state index is 12.1. The fraction of sp³-hybridized carbons (Fsp3) is 0.846. The molecule has 0 aromatic heterocycles. The largest absolute Gasteiger partial charge is 0.341 e. The fourth-order valence-corrected chi connectivity index (χ4v) is 3.28. The molecule has 0 radical (unpaired) electrons. The molecule has 0 saturated carbocycles. The molecule has 2 aliphatic heterocycles. The molecule has 2 saturated heterocycles. The number of rotatable bonds is 3. The number of nitrogens with zero attached hydrogens (tertiary/aromatic N) is 2. The van der Waals surface area contributed by atoms with Crippen LogP contribution in [-0.2, 0) is 9.59 Å². The molecule has 102 valence electrons. The maximum atomic E-state index is 12.1. The van der Waals surface area contributed by atoms with E-state index in [1.165, 1.54) is 12.8 Å². The number of likely N-dealkylation sites (tertiary alicyclic amines) is 2. The highest BCUT2D eigenvalue weighted by atomic mass is 32.2. The summed E-state index contributed by atoms with van der Waals surface area (Å²) in [5.41, 5.74) is 0. The average Bonchev–Trinajstić information content (AvgIpc) is 2.40. The van der Waals surface area contributed by atoms with Gasteiger partial charge in [-0.1, -0.05) is 0 Å². The molecule has 1 amide bonds. The van der Waals surface area contributed by atoms with E-state index in [4.69, 9.17) is 0 Å². The molecule has 4 nitrogen and oxygen atoms in total. The molecule has 0 aromatic carbocycles. The van der Waals surface area contributed by atoms with E-state index in [0.717, 1.165) is 18.3 Å². The zero-order valence-electron chi connectivity index (χ0n) is 11.1. The van der Waals surface area contributed by atoms with Crippen LogP contribution < -0.4 is 0 Å². The smallest absolute Gasteiger partial charge is 0.236 e. The lowest BCUT2D eigenvalue weighted by atomic mass is 10.1. The quantitative estimate of drug-likeness (QED) is 0.767. The third-order valence-electron chi connectivity index (χ3n) is 3.90. The minimum absolute atomic E-state index is 0.199. The van der Waals surface area contributed by atoms with Crippen molar-refractivity contribution in [3.63, 3.8) is 0 Å². The standard InChI is InChI=1S/C13H22N2O2S/c1-18-12-4-6-14(7-5-12)10-13(17)15-8-2-11(16)3-9-15/h12H,2-10H2,1H3. The van der Waals surface area contributed by atoms with Gasteiger partial charge in [-0.3, -0.25) is 14.5 Å². The van der Waals surface area contributed by atoms with E-state index in [1.807, 2.05) is 16.7 Å². The summed E-state index contributed by atoms with van der Waals surface area (Å²) in [7, 11) is 0. The number of hydrogen-bond donors (Lipinski definition) is 0. The van der Waals surface area contributed by atoms with E-state index < -0.39 is 0 Å². The van der Waals surface area contributed by atoms with Gasteiger partial charge in [-0.05, 0) is 32.2 Å². The molecule has 0 spiro atoms. The summed E-state index contributed by atoms with van der Waals surface area (Å²) in [6.45, 7) is 3.85. The molecule has 0 aromatic rings. The molecule has 2 aliphatic rings. The van der Waals surface area contributed by atoms with Gasteiger partial charge in [0, 0.05) is 31.2 Å². The summed E-state index contributed by atoms with van der Waals surface area (Å²) in [6, 6.07) is 0. The molecule has 18 heavy (non-hydrogen) atoms. The van der Waals surface area contributed by atoms with Crippen LogP contribution in [0.5, 0.6) is 0 Å². The van der Waals surface area contributed by atoms with Crippen molar-refractivity contribution in [2.75, 3.05) is 39.0 Å². The molecule has 0 bridgehead atoms. The molecular formula is C13H22N2O2S. The van der Waals surface area contributed by atoms with E-state index in [0.29, 0.717) is 38.3 Å². The summed E-state index contributed by atoms with van der Waals surface area (Å²) in [5, 5.41) is 0.768. The van der Waals surface area contributed by atoms with Gasteiger partial charge < -0.3 is 4.90 Å². The number of ketones is 1. The molecule has 2 heterocycles. The van der Waals surface area contributed by atoms with E-state index in [1.54, 1.807) is 0 Å². The van der Waals surface area contributed by atoms with Gasteiger partial charge >= 0.3 is 0 Å². The molecule has 2 fully saturated rings. The summed E-state index contributed by atoms with van der Waals surface area (Å²) in [4.78, 5) is 27.3. The van der Waals surface area contributed by atoms with E-state index in [2.05, 4.69) is 11.2 Å². The molecule has 0 atom stereocenters. The SMILES string of the molecule is CSC1CCN(CC(=O)N2CCC(=O)CC2)CC1. The first kappa shape index (κ1) is 13.9. The van der Waals surface area contributed by atoms with Gasteiger partial charge in [0.25, 0.3) is 0 Å². The lowest BCUT2D eigenvalue weighted by molar-refractivity contribution is -0.135. The number of amides is 1. The van der Waals surface area contributed by atoms with Gasteiger partial charge in [-0.25, -0.2) is 0 Å². The Morgan fingerprint density at radius 3 is 2.39 bits per heavy atom. The molecule has 2 rings (SSSR count). The summed E-state index contributed by atoms with van der Waals surface area (Å²) < 4.78 is 0. The first-order valence-corrected chi connectivity index (χ1v) is 8.02. The lowest BCUT2D eigenvalue weighted by Gasteiger charge is -2.33. The highest BCUT2D eigenvalue weighted by molar-refractivity contribution is 7.99. The van der Waals surface area contributed by atoms with E-state index >= 15 is 0 Å². The Hall–Kier alpha value is -0.550. The van der Waals surface area contributed by atoms with Gasteiger partial charge in [0.15, 0.2) is 0 Å². The monoisotopic (exact) mass is 270 g/mol. The Kier molecular flexibility index (Phi) is 5.06. The van der Waals surface area contributed by atoms with Crippen LogP contribution in [0.3, 0.4) is 0 Å². The molecular weight excluding hydrogens is 248 g/mol. The predicted molar refractivity (Wildman–Crippen MR) is 73.8 cm³/mol. The topological polar surface area (TPSA) is 40.6 Å². The molecule has 0 N–H and O–H groups in total. The summed E-state index contributed by atoms with van der Waals surface area (Å²) in [6.07, 6.45) is 5.62. The van der Waals surface area contributed by atoms with Crippen molar-refractivity contribution in [1.82, 2.24) is 9.80 Å². The predicted octanol–water partition coefficient (Wildman–Crippen LogP) is 1.01. The Morgan fingerprint density at radius 1 is 1.22 bits per heavy atom. The first-order valence-electron chi connectivity index (χ1n) is 6.73. The number of hydrogen-bond acceptors (Lipinski definition) is 4. The lowest BCUT2D eigenvalue weighted by Crippen LogP contribution is -2.46. The summed E-state index contributed by atoms with van der Waals surface area (Å²) >= 11 is 1.94. The van der Waals surface area contributed by atoms with Crippen molar-refractivity contribution in [1.29, 1.82) is 0 Å². The molecule has 0 aliphatic carbocycles. The van der Waals surface area contributed by atoms with Crippen LogP contribution in [0.1, 0.15) is 25.7 Å². The van der Waals surface area contributed by atoms with Crippen LogP contribution in [0.25, 0.3) is 0 Å². The van der Waals surface area contributed by atoms with Gasteiger partial charge in [0.05, 0.1) is 6.54 Å². The Labute approximate surface area is 113 Å². The van der Waals surface area contributed by atoms with E-state index in [-0.39, 0.29) is 5.91 Å². The third-order valence-corrected chi connectivity index (χ3v) is 5.04. The van der Waals surface area contributed by atoms with Gasteiger partial charge in [0.2, 0.25) is 5.91 Å². The highest BCUT2D eigenvalue weighted by Crippen LogP contribution is 2.20. The van der Waals surface area contributed by atoms with Crippen molar-refractivity contribution in [2.24, 2.45) is 0 Å². The van der Waals surface area contributed by atoms with Crippen molar-refractivity contribution in [3.8, 4) is 0 Å². The Balaban J connectivity index is 1.73. The van der Waals surface area contributed by atoms with Gasteiger partial charge in [-0.2, -0.15) is 11.8 Å². The number of piperidine rings is 2. The van der Waals surface area contributed by atoms with E-state index in [9.17, 15) is 9.59 Å². The maximum Gasteiger partial charge on any atom is 0.236 e. The number of carbonyl (C=O) groups is 2. The van der Waals surface area contributed by atoms with Crippen molar-refractivity contribution < 1.29 is 9.59 Å². The van der Waals surface area contributed by atoms with Crippen molar-refractivity contribution >= 4 is 23.5 Å². The second kappa shape index (κ2) is 6.57. The zero-order valence-corrected chi connectivity index (χ0v) is 11.9. The normalized spacial score (nSPS) is 23.4. The second-order valence-corrected chi connectivity index (χ2v) is 6.27. The zero-order chi connectivity index (χ0) is 13.0. The van der Waals surface area contributed by atoms with Crippen LogP contribution in [0.4, 0.5) is 0 Å². The van der Waals surface area contributed by atoms with Crippen molar-refractivity contribution in [2.45, 2.75) is 30.9 Å². The first-order chi connectivity index (χ1) is 8.69. The van der Waals surface area contributed by atoms with Crippen LogP contribution in [0.15, 0.2) is 0 Å². The fourth-order valence-electron chi connectivity index (χ4n) is 2.60. The third kappa shape index (κ3) is 3.72. The Bertz CT molecular complexity index is 304. The number of carbonyl (C=O) groups excluding carboxylic acids is 2. The minimum atomic E-state index is 0.199. The number of thioether (sulfide) groups is 1. The Morgan fingerprint density at radius 2 is 1.83 bits per heavy atom. The van der Waals surface area contributed by atoms with Crippen LogP contribution >= 0.6 is 11.8 Å².